The Morgan fingerprint density at radius 1 is 1.67 bits per heavy atom. The number of rotatable bonds is 6. The van der Waals surface area contributed by atoms with Crippen LogP contribution in [0, 0.1) is 6.92 Å². The molecule has 2 rings (SSSR count). The maximum atomic E-state index is 5.22. The lowest BCUT2D eigenvalue weighted by Gasteiger charge is -2.17. The maximum Gasteiger partial charge on any atom is 0.0876 e. The van der Waals surface area contributed by atoms with E-state index in [1.807, 2.05) is 10.9 Å². The van der Waals surface area contributed by atoms with Gasteiger partial charge in [0.05, 0.1) is 18.8 Å². The van der Waals surface area contributed by atoms with E-state index in [2.05, 4.69) is 23.5 Å². The van der Waals surface area contributed by atoms with Crippen molar-refractivity contribution in [1.82, 2.24) is 15.1 Å². The van der Waals surface area contributed by atoms with Crippen molar-refractivity contribution in [2.75, 3.05) is 20.3 Å². The summed E-state index contributed by atoms with van der Waals surface area (Å²) < 4.78 is 7.21. The fourth-order valence-electron chi connectivity index (χ4n) is 1.64. The predicted molar refractivity (Wildman–Crippen MR) is 58.9 cm³/mol. The van der Waals surface area contributed by atoms with Gasteiger partial charge < -0.3 is 10.1 Å². The van der Waals surface area contributed by atoms with E-state index in [0.29, 0.717) is 12.6 Å². The predicted octanol–water partition coefficient (Wildman–Crippen LogP) is 1.13. The van der Waals surface area contributed by atoms with Gasteiger partial charge >= 0.3 is 0 Å². The molecule has 0 saturated heterocycles. The first-order valence-corrected chi connectivity index (χ1v) is 5.52. The number of nitrogens with one attached hydrogen (secondary N) is 1. The molecule has 0 bridgehead atoms. The van der Waals surface area contributed by atoms with E-state index in [0.717, 1.165) is 12.6 Å². The summed E-state index contributed by atoms with van der Waals surface area (Å²) in [4.78, 5) is 0. The average molecular weight is 209 g/mol. The summed E-state index contributed by atoms with van der Waals surface area (Å²) in [5.41, 5.74) is 1.20. The molecular formula is C11H19N3O. The normalized spacial score (nSPS) is 18.0. The molecule has 1 aliphatic rings. The summed E-state index contributed by atoms with van der Waals surface area (Å²) in [6.07, 6.45) is 6.59. The summed E-state index contributed by atoms with van der Waals surface area (Å²) in [5.74, 6) is 0. The highest BCUT2D eigenvalue weighted by Crippen LogP contribution is 2.19. The van der Waals surface area contributed by atoms with Crippen LogP contribution in [0.15, 0.2) is 12.4 Å². The smallest absolute Gasteiger partial charge is 0.0876 e. The van der Waals surface area contributed by atoms with Gasteiger partial charge in [-0.2, -0.15) is 5.10 Å². The first-order valence-electron chi connectivity index (χ1n) is 5.52. The zero-order valence-corrected chi connectivity index (χ0v) is 9.44. The summed E-state index contributed by atoms with van der Waals surface area (Å²) in [6, 6.07) is 1.05. The van der Waals surface area contributed by atoms with Crippen molar-refractivity contribution < 1.29 is 4.74 Å². The molecule has 0 amide bonds. The molecule has 84 valence electrons. The van der Waals surface area contributed by atoms with Crippen molar-refractivity contribution in [2.45, 2.75) is 31.8 Å². The number of hydrogen-bond donors (Lipinski definition) is 1. The zero-order valence-electron chi connectivity index (χ0n) is 9.44. The van der Waals surface area contributed by atoms with E-state index in [1.165, 1.54) is 18.4 Å². The van der Waals surface area contributed by atoms with Crippen molar-refractivity contribution in [3.63, 3.8) is 0 Å². The molecule has 0 aliphatic heterocycles. The van der Waals surface area contributed by atoms with Gasteiger partial charge in [0.1, 0.15) is 0 Å². The monoisotopic (exact) mass is 209 g/mol. The molecule has 4 nitrogen and oxygen atoms in total. The number of nitrogens with zero attached hydrogens (tertiary/aromatic N) is 2. The minimum Gasteiger partial charge on any atom is -0.382 e. The van der Waals surface area contributed by atoms with Gasteiger partial charge in [-0.05, 0) is 25.3 Å². The van der Waals surface area contributed by atoms with E-state index < -0.39 is 0 Å². The quantitative estimate of drug-likeness (QED) is 0.763. The molecule has 1 saturated carbocycles. The van der Waals surface area contributed by atoms with Crippen LogP contribution < -0.4 is 5.32 Å². The molecule has 1 heterocycles. The van der Waals surface area contributed by atoms with E-state index in [1.54, 1.807) is 7.11 Å². The molecule has 1 N–H and O–H groups in total. The number of methoxy groups -OCH3 is 1. The van der Waals surface area contributed by atoms with Crippen molar-refractivity contribution >= 4 is 0 Å². The van der Waals surface area contributed by atoms with Crippen LogP contribution >= 0.6 is 0 Å². The Labute approximate surface area is 90.6 Å². The Balaban J connectivity index is 1.91. The number of hydrogen-bond acceptors (Lipinski definition) is 3. The van der Waals surface area contributed by atoms with Gasteiger partial charge in [0.2, 0.25) is 0 Å². The lowest BCUT2D eigenvalue weighted by Crippen LogP contribution is -2.30. The highest BCUT2D eigenvalue weighted by atomic mass is 16.5. The largest absolute Gasteiger partial charge is 0.382 e. The second kappa shape index (κ2) is 4.77. The highest BCUT2D eigenvalue weighted by Gasteiger charge is 2.22. The highest BCUT2D eigenvalue weighted by molar-refractivity contribution is 5.00. The Hall–Kier alpha value is -0.870. The van der Waals surface area contributed by atoms with Gasteiger partial charge in [0, 0.05) is 25.9 Å². The second-order valence-electron chi connectivity index (χ2n) is 4.29. The molecule has 15 heavy (non-hydrogen) atoms. The molecule has 1 fully saturated rings. The molecule has 1 unspecified atom stereocenters. The topological polar surface area (TPSA) is 39.1 Å². The Bertz CT molecular complexity index is 307. The van der Waals surface area contributed by atoms with Gasteiger partial charge in [-0.1, -0.05) is 0 Å². The fraction of sp³-hybridized carbons (Fsp3) is 0.727. The second-order valence-corrected chi connectivity index (χ2v) is 4.29. The lowest BCUT2D eigenvalue weighted by atomic mass is 10.3. The lowest BCUT2D eigenvalue weighted by molar-refractivity contribution is 0.148. The first-order chi connectivity index (χ1) is 7.29. The maximum absolute atomic E-state index is 5.22. The van der Waals surface area contributed by atoms with Gasteiger partial charge in [-0.3, -0.25) is 4.68 Å². The van der Waals surface area contributed by atoms with Crippen LogP contribution in [0.1, 0.15) is 24.4 Å². The third-order valence-electron chi connectivity index (χ3n) is 2.68. The average Bonchev–Trinajstić information content (AvgIpc) is 2.95. The standard InChI is InChI=1S/C11H19N3O/c1-9-5-13-14(7-9)11(8-15-2)6-12-10-3-4-10/h5,7,10-12H,3-4,6,8H2,1-2H3. The Morgan fingerprint density at radius 2 is 2.47 bits per heavy atom. The molecule has 1 atom stereocenters. The minimum atomic E-state index is 0.310. The van der Waals surface area contributed by atoms with Gasteiger partial charge in [-0.15, -0.1) is 0 Å². The van der Waals surface area contributed by atoms with Gasteiger partial charge in [0.25, 0.3) is 0 Å². The Kier molecular flexibility index (Phi) is 3.38. The molecule has 1 aliphatic carbocycles. The van der Waals surface area contributed by atoms with Crippen LogP contribution in [-0.4, -0.2) is 36.1 Å². The van der Waals surface area contributed by atoms with Crippen molar-refractivity contribution in [3.05, 3.63) is 18.0 Å². The van der Waals surface area contributed by atoms with Gasteiger partial charge in [-0.25, -0.2) is 0 Å². The summed E-state index contributed by atoms with van der Waals surface area (Å²) in [5, 5.41) is 7.84. The van der Waals surface area contributed by atoms with E-state index >= 15 is 0 Å². The van der Waals surface area contributed by atoms with Crippen LogP contribution in [-0.2, 0) is 4.74 Å². The molecule has 0 radical (unpaired) electrons. The Morgan fingerprint density at radius 3 is 3.00 bits per heavy atom. The van der Waals surface area contributed by atoms with Crippen LogP contribution in [0.2, 0.25) is 0 Å². The van der Waals surface area contributed by atoms with Crippen LogP contribution in [0.3, 0.4) is 0 Å². The third kappa shape index (κ3) is 3.04. The summed E-state index contributed by atoms with van der Waals surface area (Å²) >= 11 is 0. The van der Waals surface area contributed by atoms with E-state index in [9.17, 15) is 0 Å². The molecule has 4 heteroatoms. The van der Waals surface area contributed by atoms with E-state index in [4.69, 9.17) is 4.74 Å². The fourth-order valence-corrected chi connectivity index (χ4v) is 1.64. The first kappa shape index (κ1) is 10.6. The minimum absolute atomic E-state index is 0.310. The zero-order chi connectivity index (χ0) is 10.7. The molecular weight excluding hydrogens is 190 g/mol. The van der Waals surface area contributed by atoms with Gasteiger partial charge in [0.15, 0.2) is 0 Å². The molecule has 0 spiro atoms. The SMILES string of the molecule is COCC(CNC1CC1)n1cc(C)cn1. The summed E-state index contributed by atoms with van der Waals surface area (Å²) in [7, 11) is 1.74. The van der Waals surface area contributed by atoms with E-state index in [-0.39, 0.29) is 0 Å². The molecule has 0 aromatic carbocycles. The van der Waals surface area contributed by atoms with Crippen LogP contribution in [0.4, 0.5) is 0 Å². The van der Waals surface area contributed by atoms with Crippen molar-refractivity contribution in [3.8, 4) is 0 Å². The van der Waals surface area contributed by atoms with Crippen molar-refractivity contribution in [2.24, 2.45) is 0 Å². The van der Waals surface area contributed by atoms with Crippen LogP contribution in [0.5, 0.6) is 0 Å². The summed E-state index contributed by atoms with van der Waals surface area (Å²) in [6.45, 7) is 3.71. The number of aromatic nitrogens is 2. The van der Waals surface area contributed by atoms with Crippen LogP contribution in [0.25, 0.3) is 0 Å². The number of ether oxygens (including phenoxy) is 1. The van der Waals surface area contributed by atoms with Crippen molar-refractivity contribution in [1.29, 1.82) is 0 Å². The number of aryl methyl sites for hydroxylation is 1. The molecule has 1 aromatic heterocycles. The third-order valence-corrected chi connectivity index (χ3v) is 2.68. The molecule has 1 aromatic rings.